The van der Waals surface area contributed by atoms with E-state index in [0.717, 1.165) is 37.7 Å². The molecule has 3 atom stereocenters. The lowest BCUT2D eigenvalue weighted by atomic mass is 9.67. The predicted molar refractivity (Wildman–Crippen MR) is 134 cm³/mol. The van der Waals surface area contributed by atoms with E-state index >= 15 is 0 Å². The Morgan fingerprint density at radius 2 is 1.69 bits per heavy atom. The molecule has 1 N–H and O–H groups in total. The number of amides is 1. The Hall–Kier alpha value is -0.700. The van der Waals surface area contributed by atoms with Crippen molar-refractivity contribution < 1.29 is 13.2 Å². The van der Waals surface area contributed by atoms with E-state index in [1.54, 1.807) is 16.4 Å². The summed E-state index contributed by atoms with van der Waals surface area (Å²) in [7, 11) is -3.51. The molecular weight excluding hydrogens is 460 g/mol. The van der Waals surface area contributed by atoms with E-state index in [1.807, 2.05) is 13.0 Å². The molecule has 2 bridgehead atoms. The molecule has 5 rings (SSSR count). The lowest BCUT2D eigenvalue weighted by Gasteiger charge is -2.52. The van der Waals surface area contributed by atoms with Crippen LogP contribution in [0.4, 0.5) is 5.69 Å². The van der Waals surface area contributed by atoms with Gasteiger partial charge in [-0.15, -0.1) is 23.5 Å². The number of aryl methyl sites for hydroxylation is 1. The van der Waals surface area contributed by atoms with Crippen LogP contribution in [0.5, 0.6) is 0 Å². The molecule has 1 amide bonds. The van der Waals surface area contributed by atoms with Crippen molar-refractivity contribution in [2.75, 3.05) is 29.9 Å². The highest BCUT2D eigenvalue weighted by Gasteiger charge is 2.55. The number of rotatable bonds is 4. The van der Waals surface area contributed by atoms with Crippen molar-refractivity contribution in [1.82, 2.24) is 4.31 Å². The zero-order valence-corrected chi connectivity index (χ0v) is 21.3. The van der Waals surface area contributed by atoms with Crippen molar-refractivity contribution in [2.45, 2.75) is 67.3 Å². The van der Waals surface area contributed by atoms with E-state index < -0.39 is 10.0 Å². The van der Waals surface area contributed by atoms with Crippen LogP contribution in [0.25, 0.3) is 0 Å². The highest BCUT2D eigenvalue weighted by atomic mass is 32.2. The molecule has 1 aromatic carbocycles. The van der Waals surface area contributed by atoms with Crippen LogP contribution in [0.2, 0.25) is 0 Å². The van der Waals surface area contributed by atoms with Crippen molar-refractivity contribution in [3.05, 3.63) is 23.8 Å². The Morgan fingerprint density at radius 1 is 1.03 bits per heavy atom. The standard InChI is InChI=1S/C24H34N2O3S3/c1-17-8-9-21(32(28,29)26-10-3-2-4-11-26)16-22(17)25-23(27)18-14-19-6-5-7-20(15-18)24(19)30-12-13-31-24/h8-9,16,18-20H,2-7,10-15H2,1H3,(H,25,27)/t18?,19-,20+. The molecule has 2 heterocycles. The summed E-state index contributed by atoms with van der Waals surface area (Å²) in [6.45, 7) is 3.10. The summed E-state index contributed by atoms with van der Waals surface area (Å²) in [5.41, 5.74) is 1.55. The number of hydrogen-bond acceptors (Lipinski definition) is 5. The number of piperidine rings is 1. The topological polar surface area (TPSA) is 66.5 Å². The van der Waals surface area contributed by atoms with Crippen molar-refractivity contribution in [2.24, 2.45) is 17.8 Å². The van der Waals surface area contributed by atoms with Crippen LogP contribution in [0.1, 0.15) is 56.9 Å². The van der Waals surface area contributed by atoms with E-state index in [1.165, 1.54) is 30.8 Å². The Labute approximate surface area is 200 Å². The quantitative estimate of drug-likeness (QED) is 0.630. The molecule has 176 valence electrons. The van der Waals surface area contributed by atoms with Gasteiger partial charge < -0.3 is 5.32 Å². The first-order chi connectivity index (χ1) is 15.4. The highest BCUT2D eigenvalue weighted by molar-refractivity contribution is 8.21. The van der Waals surface area contributed by atoms with Gasteiger partial charge in [-0.25, -0.2) is 8.42 Å². The van der Waals surface area contributed by atoms with Crippen LogP contribution in [0.15, 0.2) is 23.1 Å². The molecule has 4 fully saturated rings. The van der Waals surface area contributed by atoms with Gasteiger partial charge in [-0.05, 0) is 75.0 Å². The second-order valence-electron chi connectivity index (χ2n) is 9.84. The average Bonchev–Trinajstić information content (AvgIpc) is 3.25. The monoisotopic (exact) mass is 494 g/mol. The minimum atomic E-state index is -3.51. The number of benzene rings is 1. The van der Waals surface area contributed by atoms with Gasteiger partial charge in [-0.2, -0.15) is 4.31 Å². The number of sulfonamides is 1. The van der Waals surface area contributed by atoms with Gasteiger partial charge in [-0.1, -0.05) is 18.9 Å². The van der Waals surface area contributed by atoms with Gasteiger partial charge in [0.1, 0.15) is 0 Å². The Balaban J connectivity index is 1.32. The van der Waals surface area contributed by atoms with E-state index in [9.17, 15) is 13.2 Å². The molecule has 8 heteroatoms. The molecule has 1 spiro atoms. The predicted octanol–water partition coefficient (Wildman–Crippen LogP) is 5.11. The summed E-state index contributed by atoms with van der Waals surface area (Å²) in [5.74, 6) is 3.82. The van der Waals surface area contributed by atoms with E-state index in [0.29, 0.717) is 39.6 Å². The summed E-state index contributed by atoms with van der Waals surface area (Å²) >= 11 is 4.31. The number of hydrogen-bond donors (Lipinski definition) is 1. The molecule has 2 saturated heterocycles. The molecule has 2 aliphatic carbocycles. The molecule has 0 aromatic heterocycles. The van der Waals surface area contributed by atoms with E-state index in [2.05, 4.69) is 28.8 Å². The van der Waals surface area contributed by atoms with Gasteiger partial charge in [0.05, 0.1) is 8.97 Å². The average molecular weight is 495 g/mol. The number of carbonyl (C=O) groups is 1. The van der Waals surface area contributed by atoms with Gasteiger partial charge in [0.2, 0.25) is 15.9 Å². The van der Waals surface area contributed by atoms with Crippen molar-refractivity contribution in [3.63, 3.8) is 0 Å². The van der Waals surface area contributed by atoms with Crippen LogP contribution in [-0.2, 0) is 14.8 Å². The fourth-order valence-corrected chi connectivity index (χ4v) is 11.7. The van der Waals surface area contributed by atoms with Gasteiger partial charge in [0, 0.05) is 36.2 Å². The first-order valence-electron chi connectivity index (χ1n) is 12.1. The van der Waals surface area contributed by atoms with Crippen LogP contribution in [-0.4, -0.2) is 47.3 Å². The number of nitrogens with one attached hydrogen (secondary N) is 1. The molecule has 1 unspecified atom stereocenters. The Kier molecular flexibility index (Phi) is 6.60. The summed E-state index contributed by atoms with van der Waals surface area (Å²) in [4.78, 5) is 13.6. The summed E-state index contributed by atoms with van der Waals surface area (Å²) in [6.07, 6.45) is 8.62. The van der Waals surface area contributed by atoms with Gasteiger partial charge in [0.25, 0.3) is 0 Å². The maximum Gasteiger partial charge on any atom is 0.243 e. The number of anilines is 1. The third-order valence-electron chi connectivity index (χ3n) is 7.91. The molecule has 5 nitrogen and oxygen atoms in total. The largest absolute Gasteiger partial charge is 0.326 e. The lowest BCUT2D eigenvalue weighted by Crippen LogP contribution is -2.48. The summed E-state index contributed by atoms with van der Waals surface area (Å²) in [6, 6.07) is 5.17. The number of nitrogens with zero attached hydrogens (tertiary/aromatic N) is 1. The fourth-order valence-electron chi connectivity index (χ4n) is 6.21. The first kappa shape index (κ1) is 23.1. The molecule has 2 saturated carbocycles. The molecular formula is C24H34N2O3S3. The third-order valence-corrected chi connectivity index (χ3v) is 13.8. The normalized spacial score (nSPS) is 30.3. The van der Waals surface area contributed by atoms with Crippen LogP contribution >= 0.6 is 23.5 Å². The second-order valence-corrected chi connectivity index (χ2v) is 14.8. The van der Waals surface area contributed by atoms with E-state index in [4.69, 9.17) is 0 Å². The van der Waals surface area contributed by atoms with Crippen molar-refractivity contribution in [1.29, 1.82) is 0 Å². The van der Waals surface area contributed by atoms with Crippen LogP contribution in [0, 0.1) is 24.7 Å². The molecule has 0 radical (unpaired) electrons. The number of thioether (sulfide) groups is 2. The SMILES string of the molecule is Cc1ccc(S(=O)(=O)N2CCCCC2)cc1NC(=O)C1C[C@H]2CCC[C@@H](C1)C21SCCS1. The van der Waals surface area contributed by atoms with Crippen molar-refractivity contribution >= 4 is 45.1 Å². The van der Waals surface area contributed by atoms with Gasteiger partial charge in [-0.3, -0.25) is 4.79 Å². The molecule has 32 heavy (non-hydrogen) atoms. The maximum absolute atomic E-state index is 13.3. The minimum Gasteiger partial charge on any atom is -0.326 e. The highest BCUT2D eigenvalue weighted by Crippen LogP contribution is 2.64. The maximum atomic E-state index is 13.3. The van der Waals surface area contributed by atoms with Crippen LogP contribution in [0.3, 0.4) is 0 Å². The van der Waals surface area contributed by atoms with Gasteiger partial charge in [0.15, 0.2) is 0 Å². The summed E-state index contributed by atoms with van der Waals surface area (Å²) in [5, 5.41) is 3.13. The molecule has 1 aromatic rings. The first-order valence-corrected chi connectivity index (χ1v) is 15.5. The fraction of sp³-hybridized carbons (Fsp3) is 0.708. The lowest BCUT2D eigenvalue weighted by molar-refractivity contribution is -0.122. The molecule has 2 aliphatic heterocycles. The summed E-state index contributed by atoms with van der Waals surface area (Å²) < 4.78 is 28.2. The van der Waals surface area contributed by atoms with E-state index in [-0.39, 0.29) is 11.8 Å². The van der Waals surface area contributed by atoms with Crippen LogP contribution < -0.4 is 5.32 Å². The Bertz CT molecular complexity index is 953. The van der Waals surface area contributed by atoms with Crippen molar-refractivity contribution in [3.8, 4) is 0 Å². The van der Waals surface area contributed by atoms with Gasteiger partial charge >= 0.3 is 0 Å². The number of carbonyl (C=O) groups excluding carboxylic acids is 1. The zero-order chi connectivity index (χ0) is 22.3. The zero-order valence-electron chi connectivity index (χ0n) is 18.8. The third kappa shape index (κ3) is 4.14. The minimum absolute atomic E-state index is 0.0273. The smallest absolute Gasteiger partial charge is 0.243 e. The molecule has 4 aliphatic rings. The Morgan fingerprint density at radius 3 is 2.34 bits per heavy atom. The second kappa shape index (κ2) is 9.16.